The lowest BCUT2D eigenvalue weighted by Crippen LogP contribution is -2.15. The molecule has 4 rings (SSSR count). The van der Waals surface area contributed by atoms with Crippen molar-refractivity contribution in [2.24, 2.45) is 0 Å². The predicted molar refractivity (Wildman–Crippen MR) is 81.6 cm³/mol. The van der Waals surface area contributed by atoms with Gasteiger partial charge in [-0.2, -0.15) is 0 Å². The van der Waals surface area contributed by atoms with Gasteiger partial charge in [0, 0.05) is 23.6 Å². The Labute approximate surface area is 126 Å². The number of ketones is 1. The summed E-state index contributed by atoms with van der Waals surface area (Å²) >= 11 is 0. The Morgan fingerprint density at radius 3 is 2.91 bits per heavy atom. The molecule has 0 saturated carbocycles. The largest absolute Gasteiger partial charge is 0.492 e. The Balaban J connectivity index is 1.94. The lowest BCUT2D eigenvalue weighted by Gasteiger charge is -2.17. The molecule has 1 aromatic heterocycles. The van der Waals surface area contributed by atoms with Crippen molar-refractivity contribution >= 4 is 16.7 Å². The molecule has 0 fully saturated rings. The maximum absolute atomic E-state index is 13.9. The summed E-state index contributed by atoms with van der Waals surface area (Å²) in [4.78, 5) is 16.2. The molecule has 0 spiro atoms. The van der Waals surface area contributed by atoms with Crippen molar-refractivity contribution in [1.82, 2.24) is 4.98 Å². The SMILES string of the molecule is O=C1CCOc2cc(-c3cc(F)cc4cccnc34)ccc21. The van der Waals surface area contributed by atoms with E-state index in [1.54, 1.807) is 24.4 Å². The Bertz CT molecular complexity index is 905. The van der Waals surface area contributed by atoms with E-state index in [0.717, 1.165) is 16.5 Å². The average Bonchev–Trinajstić information content (AvgIpc) is 2.54. The molecule has 3 nitrogen and oxygen atoms in total. The first kappa shape index (κ1) is 13.0. The molecule has 0 N–H and O–H groups in total. The fourth-order valence-corrected chi connectivity index (χ4v) is 2.80. The number of halogens is 1. The van der Waals surface area contributed by atoms with E-state index in [2.05, 4.69) is 4.98 Å². The van der Waals surface area contributed by atoms with E-state index in [1.165, 1.54) is 12.1 Å². The molecule has 0 unspecified atom stereocenters. The lowest BCUT2D eigenvalue weighted by atomic mass is 9.97. The summed E-state index contributed by atoms with van der Waals surface area (Å²) in [7, 11) is 0. The number of Topliss-reactive ketones (excluding diaryl/α,β-unsaturated/α-hetero) is 1. The van der Waals surface area contributed by atoms with Crippen LogP contribution < -0.4 is 4.74 Å². The van der Waals surface area contributed by atoms with Gasteiger partial charge in [0.05, 0.1) is 17.7 Å². The molecule has 0 saturated heterocycles. The van der Waals surface area contributed by atoms with E-state index in [9.17, 15) is 9.18 Å². The molecular weight excluding hydrogens is 281 g/mol. The minimum absolute atomic E-state index is 0.0787. The molecule has 22 heavy (non-hydrogen) atoms. The maximum atomic E-state index is 13.9. The third kappa shape index (κ3) is 2.04. The first-order chi connectivity index (χ1) is 10.7. The van der Waals surface area contributed by atoms with Gasteiger partial charge in [0.15, 0.2) is 5.78 Å². The van der Waals surface area contributed by atoms with Crippen molar-refractivity contribution in [1.29, 1.82) is 0 Å². The van der Waals surface area contributed by atoms with Gasteiger partial charge in [-0.3, -0.25) is 9.78 Å². The van der Waals surface area contributed by atoms with Crippen molar-refractivity contribution in [2.75, 3.05) is 6.61 Å². The first-order valence-corrected chi connectivity index (χ1v) is 7.07. The van der Waals surface area contributed by atoms with Gasteiger partial charge in [-0.05, 0) is 35.9 Å². The smallest absolute Gasteiger partial charge is 0.169 e. The Morgan fingerprint density at radius 2 is 2.00 bits per heavy atom. The van der Waals surface area contributed by atoms with Gasteiger partial charge in [0.1, 0.15) is 11.6 Å². The monoisotopic (exact) mass is 293 g/mol. The second-order valence-corrected chi connectivity index (χ2v) is 5.26. The van der Waals surface area contributed by atoms with Crippen LogP contribution in [0.1, 0.15) is 16.8 Å². The number of hydrogen-bond donors (Lipinski definition) is 0. The molecule has 0 aliphatic carbocycles. The fraction of sp³-hybridized carbons (Fsp3) is 0.111. The topological polar surface area (TPSA) is 39.2 Å². The molecule has 0 amide bonds. The van der Waals surface area contributed by atoms with Crippen LogP contribution in [0.5, 0.6) is 5.75 Å². The second-order valence-electron chi connectivity index (χ2n) is 5.26. The Morgan fingerprint density at radius 1 is 1.09 bits per heavy atom. The van der Waals surface area contributed by atoms with Crippen molar-refractivity contribution in [3.05, 3.63) is 60.0 Å². The van der Waals surface area contributed by atoms with E-state index in [1.807, 2.05) is 12.1 Å². The molecule has 4 heteroatoms. The zero-order chi connectivity index (χ0) is 15.1. The zero-order valence-corrected chi connectivity index (χ0v) is 11.7. The summed E-state index contributed by atoms with van der Waals surface area (Å²) in [6.07, 6.45) is 2.08. The number of rotatable bonds is 1. The van der Waals surface area contributed by atoms with E-state index in [0.29, 0.717) is 29.9 Å². The summed E-state index contributed by atoms with van der Waals surface area (Å²) < 4.78 is 19.4. The lowest BCUT2D eigenvalue weighted by molar-refractivity contribution is 0.0933. The summed E-state index contributed by atoms with van der Waals surface area (Å²) in [6, 6.07) is 11.9. The van der Waals surface area contributed by atoms with Crippen LogP contribution in [0, 0.1) is 5.82 Å². The van der Waals surface area contributed by atoms with Crippen LogP contribution in [0.25, 0.3) is 22.0 Å². The molecule has 2 heterocycles. The molecule has 0 bridgehead atoms. The van der Waals surface area contributed by atoms with E-state index in [4.69, 9.17) is 4.74 Å². The molecule has 3 aromatic rings. The molecule has 108 valence electrons. The van der Waals surface area contributed by atoms with Crippen LogP contribution in [-0.4, -0.2) is 17.4 Å². The van der Waals surface area contributed by atoms with Crippen LogP contribution in [0.4, 0.5) is 4.39 Å². The Kier molecular flexibility index (Phi) is 2.89. The number of pyridine rings is 1. The van der Waals surface area contributed by atoms with Crippen LogP contribution >= 0.6 is 0 Å². The molecule has 1 aliphatic heterocycles. The number of carbonyl (C=O) groups is 1. The summed E-state index contributed by atoms with van der Waals surface area (Å²) in [6.45, 7) is 0.386. The quantitative estimate of drug-likeness (QED) is 0.680. The number of hydrogen-bond acceptors (Lipinski definition) is 3. The van der Waals surface area contributed by atoms with Crippen molar-refractivity contribution in [3.63, 3.8) is 0 Å². The Hall–Kier alpha value is -2.75. The van der Waals surface area contributed by atoms with Gasteiger partial charge in [0.25, 0.3) is 0 Å². The number of aromatic nitrogens is 1. The van der Waals surface area contributed by atoms with Crippen LogP contribution in [0.3, 0.4) is 0 Å². The average molecular weight is 293 g/mol. The third-order valence-corrected chi connectivity index (χ3v) is 3.85. The highest BCUT2D eigenvalue weighted by Crippen LogP contribution is 2.34. The maximum Gasteiger partial charge on any atom is 0.169 e. The minimum Gasteiger partial charge on any atom is -0.492 e. The summed E-state index contributed by atoms with van der Waals surface area (Å²) in [5, 5.41) is 0.743. The van der Waals surface area contributed by atoms with Crippen molar-refractivity contribution < 1.29 is 13.9 Å². The van der Waals surface area contributed by atoms with Crippen LogP contribution in [0.2, 0.25) is 0 Å². The highest BCUT2D eigenvalue weighted by molar-refractivity contribution is 6.01. The van der Waals surface area contributed by atoms with Crippen LogP contribution in [0.15, 0.2) is 48.7 Å². The van der Waals surface area contributed by atoms with Gasteiger partial charge < -0.3 is 4.74 Å². The van der Waals surface area contributed by atoms with Gasteiger partial charge >= 0.3 is 0 Å². The number of benzene rings is 2. The summed E-state index contributed by atoms with van der Waals surface area (Å²) in [5.74, 6) is 0.322. The van der Waals surface area contributed by atoms with E-state index >= 15 is 0 Å². The summed E-state index contributed by atoms with van der Waals surface area (Å²) in [5.41, 5.74) is 2.80. The third-order valence-electron chi connectivity index (χ3n) is 3.85. The van der Waals surface area contributed by atoms with Gasteiger partial charge in [-0.15, -0.1) is 0 Å². The molecule has 1 aliphatic rings. The highest BCUT2D eigenvalue weighted by atomic mass is 19.1. The highest BCUT2D eigenvalue weighted by Gasteiger charge is 2.19. The predicted octanol–water partition coefficient (Wildman–Crippen LogP) is 4.01. The van der Waals surface area contributed by atoms with Gasteiger partial charge in [-0.25, -0.2) is 4.39 Å². The second kappa shape index (κ2) is 4.91. The standard InChI is InChI=1S/C18H12FNO2/c19-13-8-12-2-1-6-20-18(12)15(10-13)11-3-4-14-16(21)5-7-22-17(14)9-11/h1-4,6,8-10H,5,7H2. The van der Waals surface area contributed by atoms with Crippen molar-refractivity contribution in [2.45, 2.75) is 6.42 Å². The van der Waals surface area contributed by atoms with Gasteiger partial charge in [-0.1, -0.05) is 12.1 Å². The van der Waals surface area contributed by atoms with Crippen LogP contribution in [-0.2, 0) is 0 Å². The molecule has 2 aromatic carbocycles. The van der Waals surface area contributed by atoms with E-state index in [-0.39, 0.29) is 11.6 Å². The number of carbonyl (C=O) groups excluding carboxylic acids is 1. The van der Waals surface area contributed by atoms with E-state index < -0.39 is 0 Å². The zero-order valence-electron chi connectivity index (χ0n) is 11.7. The minimum atomic E-state index is -0.315. The molecule has 0 atom stereocenters. The fourth-order valence-electron chi connectivity index (χ4n) is 2.80. The van der Waals surface area contributed by atoms with Crippen molar-refractivity contribution in [3.8, 4) is 16.9 Å². The number of nitrogens with zero attached hydrogens (tertiary/aromatic N) is 1. The molecular formula is C18H12FNO2. The number of fused-ring (bicyclic) bond motifs is 2. The number of ether oxygens (including phenoxy) is 1. The van der Waals surface area contributed by atoms with Gasteiger partial charge in [0.2, 0.25) is 0 Å². The molecule has 0 radical (unpaired) electrons. The normalized spacial score (nSPS) is 13.8. The first-order valence-electron chi connectivity index (χ1n) is 7.07.